The number of nitrogens with zero attached hydrogens (tertiary/aromatic N) is 3. The summed E-state index contributed by atoms with van der Waals surface area (Å²) in [6, 6.07) is 0.277. The third-order valence-corrected chi connectivity index (χ3v) is 4.05. The van der Waals surface area contributed by atoms with Crippen molar-refractivity contribution in [3.05, 3.63) is 18.0 Å². The van der Waals surface area contributed by atoms with Gasteiger partial charge in [-0.05, 0) is 38.7 Å². The molecule has 2 unspecified atom stereocenters. The normalized spacial score (nSPS) is 22.6. The Morgan fingerprint density at radius 1 is 1.60 bits per heavy atom. The van der Waals surface area contributed by atoms with Gasteiger partial charge in [-0.2, -0.15) is 5.10 Å². The molecule has 1 fully saturated rings. The molecule has 0 aliphatic carbocycles. The Balaban J connectivity index is 2.05. The van der Waals surface area contributed by atoms with E-state index in [0.717, 1.165) is 44.3 Å². The van der Waals surface area contributed by atoms with Crippen molar-refractivity contribution in [2.45, 2.75) is 58.0 Å². The van der Waals surface area contributed by atoms with E-state index in [4.69, 9.17) is 5.73 Å². The van der Waals surface area contributed by atoms with Crippen LogP contribution in [0.3, 0.4) is 0 Å². The summed E-state index contributed by atoms with van der Waals surface area (Å²) in [5, 5.41) is 4.38. The van der Waals surface area contributed by atoms with Gasteiger partial charge in [-0.3, -0.25) is 9.48 Å². The quantitative estimate of drug-likeness (QED) is 0.914. The molecule has 112 valence electrons. The molecule has 0 radical (unpaired) electrons. The molecule has 5 nitrogen and oxygen atoms in total. The summed E-state index contributed by atoms with van der Waals surface area (Å²) in [4.78, 5) is 14.5. The minimum absolute atomic E-state index is 0.0768. The first kappa shape index (κ1) is 15.0. The van der Waals surface area contributed by atoms with Crippen LogP contribution in [0.15, 0.2) is 12.4 Å². The van der Waals surface area contributed by atoms with E-state index in [1.54, 1.807) is 0 Å². The number of carbonyl (C=O) groups is 1. The molecule has 0 saturated carbocycles. The Labute approximate surface area is 121 Å². The molecule has 2 heterocycles. The standard InChI is InChI=1S/C15H26N4O/c1-4-7-15(3,16)14(20)18-8-5-6-13(11-18)19-10-12(2)9-17-19/h9-10,13H,4-8,11,16H2,1-3H3. The fourth-order valence-electron chi connectivity index (χ4n) is 2.98. The van der Waals surface area contributed by atoms with Gasteiger partial charge in [-0.1, -0.05) is 13.3 Å². The molecule has 1 aliphatic heterocycles. The summed E-state index contributed by atoms with van der Waals surface area (Å²) < 4.78 is 1.99. The number of carbonyl (C=O) groups excluding carboxylic acids is 1. The first-order valence-corrected chi connectivity index (χ1v) is 7.53. The van der Waals surface area contributed by atoms with Gasteiger partial charge < -0.3 is 10.6 Å². The third kappa shape index (κ3) is 3.20. The van der Waals surface area contributed by atoms with Crippen molar-refractivity contribution < 1.29 is 4.79 Å². The Morgan fingerprint density at radius 3 is 2.95 bits per heavy atom. The molecule has 1 aromatic rings. The van der Waals surface area contributed by atoms with Gasteiger partial charge in [0.1, 0.15) is 0 Å². The summed E-state index contributed by atoms with van der Waals surface area (Å²) in [5.41, 5.74) is 6.59. The van der Waals surface area contributed by atoms with Crippen molar-refractivity contribution >= 4 is 5.91 Å². The molecule has 1 saturated heterocycles. The smallest absolute Gasteiger partial charge is 0.242 e. The summed E-state index contributed by atoms with van der Waals surface area (Å²) in [6.45, 7) is 7.47. The minimum Gasteiger partial charge on any atom is -0.339 e. The van der Waals surface area contributed by atoms with Gasteiger partial charge >= 0.3 is 0 Å². The highest BCUT2D eigenvalue weighted by molar-refractivity contribution is 5.85. The van der Waals surface area contributed by atoms with Crippen LogP contribution in [-0.2, 0) is 4.79 Å². The van der Waals surface area contributed by atoms with E-state index in [9.17, 15) is 4.79 Å². The molecule has 5 heteroatoms. The zero-order valence-electron chi connectivity index (χ0n) is 12.8. The first-order chi connectivity index (χ1) is 9.44. The lowest BCUT2D eigenvalue weighted by Gasteiger charge is -2.37. The van der Waals surface area contributed by atoms with Crippen molar-refractivity contribution in [3.63, 3.8) is 0 Å². The van der Waals surface area contributed by atoms with Crippen molar-refractivity contribution in [3.8, 4) is 0 Å². The minimum atomic E-state index is -0.739. The highest BCUT2D eigenvalue weighted by Crippen LogP contribution is 2.24. The summed E-state index contributed by atoms with van der Waals surface area (Å²) in [5.74, 6) is 0.0768. The van der Waals surface area contributed by atoms with E-state index in [1.807, 2.05) is 35.8 Å². The molecule has 20 heavy (non-hydrogen) atoms. The largest absolute Gasteiger partial charge is 0.339 e. The van der Waals surface area contributed by atoms with E-state index in [2.05, 4.69) is 12.0 Å². The lowest BCUT2D eigenvalue weighted by atomic mass is 9.94. The van der Waals surface area contributed by atoms with Crippen LogP contribution in [-0.4, -0.2) is 39.2 Å². The van der Waals surface area contributed by atoms with Gasteiger partial charge in [-0.15, -0.1) is 0 Å². The zero-order chi connectivity index (χ0) is 14.8. The van der Waals surface area contributed by atoms with E-state index < -0.39 is 5.54 Å². The second-order valence-corrected chi connectivity index (χ2v) is 6.21. The highest BCUT2D eigenvalue weighted by atomic mass is 16.2. The van der Waals surface area contributed by atoms with Gasteiger partial charge in [0, 0.05) is 19.3 Å². The molecule has 0 aromatic carbocycles. The SMILES string of the molecule is CCCC(C)(N)C(=O)N1CCCC(n2cc(C)cn2)C1. The first-order valence-electron chi connectivity index (χ1n) is 7.53. The molecule has 2 atom stereocenters. The highest BCUT2D eigenvalue weighted by Gasteiger charge is 2.34. The number of likely N-dealkylation sites (tertiary alicyclic amines) is 1. The van der Waals surface area contributed by atoms with Crippen LogP contribution in [0, 0.1) is 6.92 Å². The average Bonchev–Trinajstić information content (AvgIpc) is 2.85. The maximum Gasteiger partial charge on any atom is 0.242 e. The maximum absolute atomic E-state index is 12.6. The predicted octanol–water partition coefficient (Wildman–Crippen LogP) is 1.87. The Hall–Kier alpha value is -1.36. The molecule has 1 amide bonds. The number of amides is 1. The van der Waals surface area contributed by atoms with Crippen molar-refractivity contribution in [2.24, 2.45) is 5.73 Å². The van der Waals surface area contributed by atoms with Crippen LogP contribution in [0.5, 0.6) is 0 Å². The molecule has 0 spiro atoms. The summed E-state index contributed by atoms with van der Waals surface area (Å²) in [6.07, 6.45) is 7.65. The van der Waals surface area contributed by atoms with Crippen LogP contribution >= 0.6 is 0 Å². The number of hydrogen-bond acceptors (Lipinski definition) is 3. The number of rotatable bonds is 4. The second-order valence-electron chi connectivity index (χ2n) is 6.21. The number of aryl methyl sites for hydroxylation is 1. The number of piperidine rings is 1. The van der Waals surface area contributed by atoms with E-state index >= 15 is 0 Å². The predicted molar refractivity (Wildman–Crippen MR) is 79.3 cm³/mol. The number of aromatic nitrogens is 2. The molecule has 2 rings (SSSR count). The maximum atomic E-state index is 12.6. The zero-order valence-corrected chi connectivity index (χ0v) is 12.8. The fourth-order valence-corrected chi connectivity index (χ4v) is 2.98. The molecule has 2 N–H and O–H groups in total. The fraction of sp³-hybridized carbons (Fsp3) is 0.733. The average molecular weight is 278 g/mol. The van der Waals surface area contributed by atoms with Crippen LogP contribution < -0.4 is 5.73 Å². The number of hydrogen-bond donors (Lipinski definition) is 1. The van der Waals surface area contributed by atoms with Crippen LogP contribution in [0.4, 0.5) is 0 Å². The van der Waals surface area contributed by atoms with Crippen LogP contribution in [0.25, 0.3) is 0 Å². The Kier molecular flexibility index (Phi) is 4.48. The lowest BCUT2D eigenvalue weighted by molar-refractivity contribution is -0.138. The van der Waals surface area contributed by atoms with Crippen molar-refractivity contribution in [1.82, 2.24) is 14.7 Å². The van der Waals surface area contributed by atoms with Gasteiger partial charge in [0.25, 0.3) is 0 Å². The van der Waals surface area contributed by atoms with Crippen LogP contribution in [0.2, 0.25) is 0 Å². The van der Waals surface area contributed by atoms with Gasteiger partial charge in [-0.25, -0.2) is 0 Å². The van der Waals surface area contributed by atoms with E-state index in [1.165, 1.54) is 0 Å². The molecule has 1 aliphatic rings. The number of nitrogens with two attached hydrogens (primary N) is 1. The summed E-state index contributed by atoms with van der Waals surface area (Å²) >= 11 is 0. The van der Waals surface area contributed by atoms with Crippen molar-refractivity contribution in [1.29, 1.82) is 0 Å². The lowest BCUT2D eigenvalue weighted by Crippen LogP contribution is -2.55. The van der Waals surface area contributed by atoms with Gasteiger partial charge in [0.2, 0.25) is 5.91 Å². The summed E-state index contributed by atoms with van der Waals surface area (Å²) in [7, 11) is 0. The molecule has 1 aromatic heterocycles. The van der Waals surface area contributed by atoms with Gasteiger partial charge in [0.15, 0.2) is 0 Å². The Morgan fingerprint density at radius 2 is 2.35 bits per heavy atom. The molecular weight excluding hydrogens is 252 g/mol. The third-order valence-electron chi connectivity index (χ3n) is 4.05. The van der Waals surface area contributed by atoms with E-state index in [0.29, 0.717) is 0 Å². The molecule has 0 bridgehead atoms. The van der Waals surface area contributed by atoms with E-state index in [-0.39, 0.29) is 11.9 Å². The Bertz CT molecular complexity index is 466. The van der Waals surface area contributed by atoms with Crippen molar-refractivity contribution in [2.75, 3.05) is 13.1 Å². The van der Waals surface area contributed by atoms with Gasteiger partial charge in [0.05, 0.1) is 17.8 Å². The topological polar surface area (TPSA) is 64.2 Å². The molecular formula is C15H26N4O. The monoisotopic (exact) mass is 278 g/mol. The second kappa shape index (κ2) is 5.95. The van der Waals surface area contributed by atoms with Crippen LogP contribution in [0.1, 0.15) is 51.1 Å².